The van der Waals surface area contributed by atoms with E-state index in [2.05, 4.69) is 53.7 Å². The number of fused-ring (bicyclic) bond motifs is 1. The Morgan fingerprint density at radius 3 is 2.73 bits per heavy atom. The van der Waals surface area contributed by atoms with Crippen LogP contribution in [-0.4, -0.2) is 46.2 Å². The van der Waals surface area contributed by atoms with Gasteiger partial charge in [0.1, 0.15) is 0 Å². The molecule has 0 N–H and O–H groups in total. The normalized spacial score (nSPS) is 20.0. The minimum absolute atomic E-state index is 0.0645. The molecule has 0 radical (unpaired) electrons. The van der Waals surface area contributed by atoms with Crippen molar-refractivity contribution in [1.29, 1.82) is 0 Å². The van der Waals surface area contributed by atoms with E-state index in [0.29, 0.717) is 19.0 Å². The summed E-state index contributed by atoms with van der Waals surface area (Å²) >= 11 is 1.77. The van der Waals surface area contributed by atoms with Crippen LogP contribution in [0.3, 0.4) is 0 Å². The van der Waals surface area contributed by atoms with Gasteiger partial charge in [0.05, 0.1) is 6.04 Å². The molecule has 2 aliphatic rings. The summed E-state index contributed by atoms with van der Waals surface area (Å²) in [5.74, 6) is 0.480. The number of benzene rings is 1. The zero-order valence-corrected chi connectivity index (χ0v) is 19.8. The van der Waals surface area contributed by atoms with Crippen molar-refractivity contribution in [3.8, 4) is 0 Å². The largest absolute Gasteiger partial charge is 0.342 e. The van der Waals surface area contributed by atoms with E-state index in [4.69, 9.17) is 0 Å². The minimum atomic E-state index is -0.0655. The van der Waals surface area contributed by atoms with Crippen LogP contribution in [0.5, 0.6) is 0 Å². The average Bonchev–Trinajstić information content (AvgIpc) is 3.52. The molecule has 3 aromatic rings. The van der Waals surface area contributed by atoms with Gasteiger partial charge >= 0.3 is 0 Å². The second kappa shape index (κ2) is 9.48. The van der Waals surface area contributed by atoms with Crippen LogP contribution in [-0.2, 0) is 16.0 Å². The van der Waals surface area contributed by atoms with Gasteiger partial charge in [-0.2, -0.15) is 0 Å². The first-order valence-corrected chi connectivity index (χ1v) is 12.6. The molecule has 6 heteroatoms. The molecule has 2 aromatic heterocycles. The van der Waals surface area contributed by atoms with Gasteiger partial charge in [-0.3, -0.25) is 14.6 Å². The Kier molecular flexibility index (Phi) is 6.27. The van der Waals surface area contributed by atoms with Crippen molar-refractivity contribution in [3.63, 3.8) is 0 Å². The van der Waals surface area contributed by atoms with Gasteiger partial charge in [0.2, 0.25) is 11.8 Å². The van der Waals surface area contributed by atoms with E-state index in [1.54, 1.807) is 17.5 Å². The number of hydrogen-bond acceptors (Lipinski definition) is 4. The van der Waals surface area contributed by atoms with Crippen LogP contribution in [0.1, 0.15) is 58.4 Å². The molecule has 2 aliphatic heterocycles. The predicted molar refractivity (Wildman–Crippen MR) is 130 cm³/mol. The highest BCUT2D eigenvalue weighted by atomic mass is 32.1. The highest BCUT2D eigenvalue weighted by Gasteiger charge is 2.33. The van der Waals surface area contributed by atoms with E-state index in [1.165, 1.54) is 21.6 Å². The summed E-state index contributed by atoms with van der Waals surface area (Å²) in [6.07, 6.45) is 6.03. The molecule has 1 fully saturated rings. The van der Waals surface area contributed by atoms with Crippen LogP contribution in [0.15, 0.2) is 60.2 Å². The third kappa shape index (κ3) is 4.58. The predicted octanol–water partition coefficient (Wildman–Crippen LogP) is 4.72. The van der Waals surface area contributed by atoms with Gasteiger partial charge in [0.25, 0.3) is 0 Å². The Morgan fingerprint density at radius 2 is 1.91 bits per heavy atom. The number of amides is 2. The van der Waals surface area contributed by atoms with Crippen molar-refractivity contribution in [2.24, 2.45) is 0 Å². The number of carbonyl (C=O) groups is 2. The molecule has 5 rings (SSSR count). The lowest BCUT2D eigenvalue weighted by molar-refractivity contribution is -0.137. The summed E-state index contributed by atoms with van der Waals surface area (Å²) < 4.78 is 0. The number of aromatic nitrogens is 1. The summed E-state index contributed by atoms with van der Waals surface area (Å²) in [4.78, 5) is 35.7. The molecular formula is C27H29N3O2S. The third-order valence-electron chi connectivity index (χ3n) is 6.89. The van der Waals surface area contributed by atoms with Gasteiger partial charge in [-0.25, -0.2) is 0 Å². The number of aryl methyl sites for hydroxylation is 1. The SMILES string of the molecule is Cc1cccc(C2c3ccsc3CCN2C(=O)CCC(=O)N2CCC(c3cccnc3)C2)c1. The number of likely N-dealkylation sites (tertiary alicyclic amines) is 1. The van der Waals surface area contributed by atoms with Gasteiger partial charge in [-0.1, -0.05) is 35.9 Å². The van der Waals surface area contributed by atoms with Gasteiger partial charge in [-0.05, 0) is 54.0 Å². The van der Waals surface area contributed by atoms with E-state index in [-0.39, 0.29) is 30.7 Å². The van der Waals surface area contributed by atoms with Crippen molar-refractivity contribution >= 4 is 23.2 Å². The van der Waals surface area contributed by atoms with Gasteiger partial charge in [-0.15, -0.1) is 11.3 Å². The van der Waals surface area contributed by atoms with Gasteiger partial charge < -0.3 is 9.80 Å². The molecule has 0 aliphatic carbocycles. The Morgan fingerprint density at radius 1 is 1.06 bits per heavy atom. The lowest BCUT2D eigenvalue weighted by Crippen LogP contribution is -2.40. The number of carbonyl (C=O) groups excluding carboxylic acids is 2. The maximum absolute atomic E-state index is 13.4. The molecule has 33 heavy (non-hydrogen) atoms. The van der Waals surface area contributed by atoms with Crippen molar-refractivity contribution in [1.82, 2.24) is 14.8 Å². The fourth-order valence-corrected chi connectivity index (χ4v) is 6.08. The maximum Gasteiger partial charge on any atom is 0.223 e. The standard InChI is InChI=1S/C27H29N3O2S/c1-19-4-2-5-20(16-19)27-23-11-15-33-24(23)10-14-30(27)26(32)8-7-25(31)29-13-9-22(18-29)21-6-3-12-28-17-21/h2-6,11-12,15-17,22,27H,7-10,13-14,18H2,1H3. The second-order valence-corrected chi connectivity index (χ2v) is 10.1. The Labute approximate surface area is 199 Å². The molecular weight excluding hydrogens is 430 g/mol. The summed E-state index contributed by atoms with van der Waals surface area (Å²) in [5.41, 5.74) is 4.75. The monoisotopic (exact) mass is 459 g/mol. The molecule has 170 valence electrons. The maximum atomic E-state index is 13.4. The molecule has 0 saturated carbocycles. The number of rotatable bonds is 5. The van der Waals surface area contributed by atoms with Gasteiger partial charge in [0.15, 0.2) is 0 Å². The van der Waals surface area contributed by atoms with E-state index in [1.807, 2.05) is 22.1 Å². The van der Waals surface area contributed by atoms with E-state index in [9.17, 15) is 9.59 Å². The molecule has 1 aromatic carbocycles. The average molecular weight is 460 g/mol. The first-order chi connectivity index (χ1) is 16.1. The number of hydrogen-bond donors (Lipinski definition) is 0. The zero-order valence-electron chi connectivity index (χ0n) is 18.9. The quantitative estimate of drug-likeness (QED) is 0.555. The highest BCUT2D eigenvalue weighted by Crippen LogP contribution is 2.38. The minimum Gasteiger partial charge on any atom is -0.342 e. The number of pyridine rings is 1. The van der Waals surface area contributed by atoms with Crippen molar-refractivity contribution in [3.05, 3.63) is 87.4 Å². The fourth-order valence-electron chi connectivity index (χ4n) is 5.18. The molecule has 4 heterocycles. The summed E-state index contributed by atoms with van der Waals surface area (Å²) in [6.45, 7) is 4.25. The number of thiophene rings is 1. The fraction of sp³-hybridized carbons (Fsp3) is 0.370. The van der Waals surface area contributed by atoms with E-state index in [0.717, 1.165) is 24.9 Å². The third-order valence-corrected chi connectivity index (χ3v) is 7.89. The molecule has 0 spiro atoms. The topological polar surface area (TPSA) is 53.5 Å². The second-order valence-electron chi connectivity index (χ2n) is 9.06. The van der Waals surface area contributed by atoms with Crippen molar-refractivity contribution in [2.75, 3.05) is 19.6 Å². The molecule has 1 saturated heterocycles. The Hall–Kier alpha value is -2.99. The van der Waals surface area contributed by atoms with E-state index < -0.39 is 0 Å². The number of nitrogens with zero attached hydrogens (tertiary/aromatic N) is 3. The molecule has 2 amide bonds. The van der Waals surface area contributed by atoms with Crippen molar-refractivity contribution in [2.45, 2.75) is 44.6 Å². The molecule has 2 unspecified atom stereocenters. The molecule has 5 nitrogen and oxygen atoms in total. The zero-order chi connectivity index (χ0) is 22.8. The lowest BCUT2D eigenvalue weighted by atomic mass is 9.92. The molecule has 0 bridgehead atoms. The lowest BCUT2D eigenvalue weighted by Gasteiger charge is -2.36. The summed E-state index contributed by atoms with van der Waals surface area (Å²) in [7, 11) is 0. The Balaban J connectivity index is 1.25. The molecule has 2 atom stereocenters. The van der Waals surface area contributed by atoms with E-state index >= 15 is 0 Å². The van der Waals surface area contributed by atoms with Crippen LogP contribution in [0.2, 0.25) is 0 Å². The Bertz CT molecular complexity index is 1140. The van der Waals surface area contributed by atoms with Crippen LogP contribution in [0.4, 0.5) is 0 Å². The summed E-state index contributed by atoms with van der Waals surface area (Å²) in [6, 6.07) is 14.5. The van der Waals surface area contributed by atoms with Crippen LogP contribution < -0.4 is 0 Å². The summed E-state index contributed by atoms with van der Waals surface area (Å²) in [5, 5.41) is 2.12. The first kappa shape index (κ1) is 21.8. The smallest absolute Gasteiger partial charge is 0.223 e. The highest BCUT2D eigenvalue weighted by molar-refractivity contribution is 7.10. The van der Waals surface area contributed by atoms with Crippen LogP contribution >= 0.6 is 11.3 Å². The van der Waals surface area contributed by atoms with Crippen LogP contribution in [0, 0.1) is 6.92 Å². The van der Waals surface area contributed by atoms with Crippen LogP contribution in [0.25, 0.3) is 0 Å². The van der Waals surface area contributed by atoms with Crippen molar-refractivity contribution < 1.29 is 9.59 Å². The first-order valence-electron chi connectivity index (χ1n) is 11.7. The van der Waals surface area contributed by atoms with Gasteiger partial charge in [0, 0.05) is 55.7 Å².